The van der Waals surface area contributed by atoms with E-state index in [2.05, 4.69) is 15.0 Å². The third kappa shape index (κ3) is 5.81. The first-order valence-corrected chi connectivity index (χ1v) is 8.02. The highest BCUT2D eigenvalue weighted by atomic mass is 35.5. The second-order valence-electron chi connectivity index (χ2n) is 5.72. The number of amides is 1. The Bertz CT molecular complexity index is 535. The largest absolute Gasteiger partial charge is 0.463 e. The van der Waals surface area contributed by atoms with E-state index < -0.39 is 5.97 Å². The maximum Gasteiger partial charge on any atom is 0.373 e. The summed E-state index contributed by atoms with van der Waals surface area (Å²) in [6.07, 6.45) is 3.66. The van der Waals surface area contributed by atoms with Crippen LogP contribution in [0.5, 0.6) is 0 Å². The molecule has 0 radical (unpaired) electrons. The number of halogens is 1. The third-order valence-corrected chi connectivity index (χ3v) is 4.06. The lowest BCUT2D eigenvalue weighted by Crippen LogP contribution is -2.46. The average molecular weight is 360 g/mol. The molecule has 1 atom stereocenters. The third-order valence-electron chi connectivity index (χ3n) is 4.06. The van der Waals surface area contributed by atoms with Crippen molar-refractivity contribution < 1.29 is 18.7 Å². The van der Waals surface area contributed by atoms with Crippen molar-refractivity contribution in [2.45, 2.75) is 38.3 Å². The SMILES string of the molecule is COC(=O)c1ccc(CN2CCCCC2CNC(=O)CCN)o1.Cl. The minimum absolute atomic E-state index is 0. The summed E-state index contributed by atoms with van der Waals surface area (Å²) in [7, 11) is 1.33. The molecular weight excluding hydrogens is 334 g/mol. The van der Waals surface area contributed by atoms with E-state index in [1.54, 1.807) is 12.1 Å². The maximum atomic E-state index is 11.6. The van der Waals surface area contributed by atoms with Crippen molar-refractivity contribution in [1.82, 2.24) is 10.2 Å². The van der Waals surface area contributed by atoms with Gasteiger partial charge in [-0.2, -0.15) is 0 Å². The van der Waals surface area contributed by atoms with Crippen LogP contribution >= 0.6 is 12.4 Å². The van der Waals surface area contributed by atoms with E-state index in [1.165, 1.54) is 7.11 Å². The van der Waals surface area contributed by atoms with Crippen molar-refractivity contribution in [3.8, 4) is 0 Å². The van der Waals surface area contributed by atoms with Crippen LogP contribution in [0, 0.1) is 0 Å². The van der Waals surface area contributed by atoms with Gasteiger partial charge < -0.3 is 20.2 Å². The highest BCUT2D eigenvalue weighted by Crippen LogP contribution is 2.20. The number of ether oxygens (including phenoxy) is 1. The van der Waals surface area contributed by atoms with Crippen molar-refractivity contribution in [2.75, 3.05) is 26.7 Å². The van der Waals surface area contributed by atoms with Gasteiger partial charge in [0.15, 0.2) is 0 Å². The zero-order valence-corrected chi connectivity index (χ0v) is 14.8. The number of carbonyl (C=O) groups excluding carboxylic acids is 2. The first-order valence-electron chi connectivity index (χ1n) is 8.02. The van der Waals surface area contributed by atoms with Gasteiger partial charge in [0.2, 0.25) is 11.7 Å². The molecule has 136 valence electrons. The molecule has 24 heavy (non-hydrogen) atoms. The molecule has 1 aliphatic rings. The molecule has 2 heterocycles. The van der Waals surface area contributed by atoms with Crippen LogP contribution in [0.25, 0.3) is 0 Å². The molecule has 1 aliphatic heterocycles. The molecule has 1 aromatic rings. The molecule has 0 aromatic carbocycles. The first-order chi connectivity index (χ1) is 11.1. The number of piperidine rings is 1. The second-order valence-corrected chi connectivity index (χ2v) is 5.72. The average Bonchev–Trinajstić information content (AvgIpc) is 3.02. The van der Waals surface area contributed by atoms with Crippen LogP contribution in [0.15, 0.2) is 16.5 Å². The fourth-order valence-electron chi connectivity index (χ4n) is 2.82. The maximum absolute atomic E-state index is 11.6. The molecule has 1 saturated heterocycles. The number of rotatable bonds is 7. The summed E-state index contributed by atoms with van der Waals surface area (Å²) in [4.78, 5) is 25.3. The number of esters is 1. The van der Waals surface area contributed by atoms with Crippen LogP contribution in [0.3, 0.4) is 0 Å². The van der Waals surface area contributed by atoms with Crippen LogP contribution in [-0.2, 0) is 16.1 Å². The van der Waals surface area contributed by atoms with E-state index in [0.717, 1.165) is 31.6 Å². The number of hydrogen-bond donors (Lipinski definition) is 2. The molecule has 0 aliphatic carbocycles. The fraction of sp³-hybridized carbons (Fsp3) is 0.625. The van der Waals surface area contributed by atoms with E-state index in [0.29, 0.717) is 26.1 Å². The Hall–Kier alpha value is -1.57. The molecule has 1 unspecified atom stereocenters. The molecule has 0 spiro atoms. The Kier molecular flexibility index (Phi) is 8.81. The first kappa shape index (κ1) is 20.5. The molecule has 7 nitrogen and oxygen atoms in total. The number of nitrogens with zero attached hydrogens (tertiary/aromatic N) is 1. The van der Waals surface area contributed by atoms with Gasteiger partial charge >= 0.3 is 5.97 Å². The number of carbonyl (C=O) groups is 2. The molecule has 1 aromatic heterocycles. The Balaban J connectivity index is 0.00000288. The Morgan fingerprint density at radius 1 is 1.42 bits per heavy atom. The van der Waals surface area contributed by atoms with E-state index in [-0.39, 0.29) is 30.1 Å². The number of methoxy groups -OCH3 is 1. The van der Waals surface area contributed by atoms with Gasteiger partial charge in [-0.3, -0.25) is 9.69 Å². The lowest BCUT2D eigenvalue weighted by Gasteiger charge is -2.35. The molecule has 0 bridgehead atoms. The highest BCUT2D eigenvalue weighted by molar-refractivity contribution is 5.86. The van der Waals surface area contributed by atoms with Gasteiger partial charge in [-0.05, 0) is 31.5 Å². The van der Waals surface area contributed by atoms with Gasteiger partial charge in [0.05, 0.1) is 13.7 Å². The zero-order valence-electron chi connectivity index (χ0n) is 14.0. The Morgan fingerprint density at radius 3 is 2.92 bits per heavy atom. The van der Waals surface area contributed by atoms with Crippen molar-refractivity contribution >= 4 is 24.3 Å². The predicted molar refractivity (Wildman–Crippen MR) is 92.0 cm³/mol. The van der Waals surface area contributed by atoms with E-state index >= 15 is 0 Å². The van der Waals surface area contributed by atoms with Crippen LogP contribution in [0.1, 0.15) is 42.0 Å². The molecule has 8 heteroatoms. The van der Waals surface area contributed by atoms with Crippen molar-refractivity contribution in [2.24, 2.45) is 5.73 Å². The fourth-order valence-corrected chi connectivity index (χ4v) is 2.82. The summed E-state index contributed by atoms with van der Waals surface area (Å²) in [6.45, 7) is 2.55. The number of nitrogens with two attached hydrogens (primary N) is 1. The Morgan fingerprint density at radius 2 is 2.21 bits per heavy atom. The second kappa shape index (κ2) is 10.3. The number of nitrogens with one attached hydrogen (secondary N) is 1. The van der Waals surface area contributed by atoms with Crippen LogP contribution in [0.4, 0.5) is 0 Å². The molecule has 1 amide bonds. The normalized spacial score (nSPS) is 17.8. The van der Waals surface area contributed by atoms with Gasteiger partial charge in [0.1, 0.15) is 5.76 Å². The van der Waals surface area contributed by atoms with Crippen LogP contribution < -0.4 is 11.1 Å². The van der Waals surface area contributed by atoms with Crippen molar-refractivity contribution in [1.29, 1.82) is 0 Å². The summed E-state index contributed by atoms with van der Waals surface area (Å²) in [5.41, 5.74) is 5.38. The van der Waals surface area contributed by atoms with Gasteiger partial charge in [-0.25, -0.2) is 4.79 Å². The van der Waals surface area contributed by atoms with Gasteiger partial charge in [0, 0.05) is 25.6 Å². The van der Waals surface area contributed by atoms with Crippen molar-refractivity contribution in [3.63, 3.8) is 0 Å². The van der Waals surface area contributed by atoms with Gasteiger partial charge in [-0.1, -0.05) is 6.42 Å². The number of furan rings is 1. The summed E-state index contributed by atoms with van der Waals surface area (Å²) >= 11 is 0. The summed E-state index contributed by atoms with van der Waals surface area (Å²) in [6, 6.07) is 3.70. The minimum atomic E-state index is -0.472. The zero-order chi connectivity index (χ0) is 16.7. The van der Waals surface area contributed by atoms with E-state index in [9.17, 15) is 9.59 Å². The molecule has 0 saturated carbocycles. The topological polar surface area (TPSA) is 97.8 Å². The lowest BCUT2D eigenvalue weighted by atomic mass is 10.0. The molecule has 2 rings (SSSR count). The molecular formula is C16H26ClN3O4. The highest BCUT2D eigenvalue weighted by Gasteiger charge is 2.24. The van der Waals surface area contributed by atoms with Gasteiger partial charge in [-0.15, -0.1) is 12.4 Å². The summed E-state index contributed by atoms with van der Waals surface area (Å²) in [5, 5.41) is 2.94. The number of hydrogen-bond acceptors (Lipinski definition) is 6. The summed E-state index contributed by atoms with van der Waals surface area (Å²) in [5.74, 6) is 0.461. The van der Waals surface area contributed by atoms with E-state index in [4.69, 9.17) is 10.2 Å². The quantitative estimate of drug-likeness (QED) is 0.712. The smallest absolute Gasteiger partial charge is 0.373 e. The lowest BCUT2D eigenvalue weighted by molar-refractivity contribution is -0.121. The predicted octanol–water partition coefficient (Wildman–Crippen LogP) is 1.31. The van der Waals surface area contributed by atoms with E-state index in [1.807, 2.05) is 0 Å². The van der Waals surface area contributed by atoms with Gasteiger partial charge in [0.25, 0.3) is 0 Å². The molecule has 1 fully saturated rings. The standard InChI is InChI=1S/C16H25N3O4.ClH/c1-22-16(21)14-6-5-13(23-14)11-19-9-3-2-4-12(19)10-18-15(20)7-8-17;/h5-6,12H,2-4,7-11,17H2,1H3,(H,18,20);1H. The van der Waals surface area contributed by atoms with Crippen LogP contribution in [-0.4, -0.2) is 49.6 Å². The summed E-state index contributed by atoms with van der Waals surface area (Å²) < 4.78 is 10.2. The number of likely N-dealkylation sites (tertiary alicyclic amines) is 1. The van der Waals surface area contributed by atoms with Crippen LogP contribution in [0.2, 0.25) is 0 Å². The monoisotopic (exact) mass is 359 g/mol. The van der Waals surface area contributed by atoms with Crippen molar-refractivity contribution in [3.05, 3.63) is 23.7 Å². The molecule has 3 N–H and O–H groups in total. The Labute approximate surface area is 148 Å². The minimum Gasteiger partial charge on any atom is -0.463 e.